The van der Waals surface area contributed by atoms with Crippen molar-refractivity contribution < 1.29 is 28.7 Å². The van der Waals surface area contributed by atoms with Crippen molar-refractivity contribution in [3.8, 4) is 0 Å². The molecule has 3 aromatic rings. The molecule has 1 aliphatic heterocycles. The quantitative estimate of drug-likeness (QED) is 0.0814. The van der Waals surface area contributed by atoms with E-state index in [0.29, 0.717) is 36.6 Å². The number of nitro benzene ring substituents is 1. The van der Waals surface area contributed by atoms with Crippen molar-refractivity contribution in [2.45, 2.75) is 37.7 Å². The van der Waals surface area contributed by atoms with E-state index in [1.54, 1.807) is 31.7 Å². The van der Waals surface area contributed by atoms with Crippen LogP contribution in [0.4, 0.5) is 5.69 Å². The highest BCUT2D eigenvalue weighted by molar-refractivity contribution is 7.99. The molecule has 0 spiro atoms. The average molecular weight is 603 g/mol. The first kappa shape index (κ1) is 31.5. The molecule has 1 N–H and O–H groups in total. The topological polar surface area (TPSA) is 117 Å². The van der Waals surface area contributed by atoms with Gasteiger partial charge < -0.3 is 19.5 Å². The van der Waals surface area contributed by atoms with Gasteiger partial charge in [-0.2, -0.15) is 0 Å². The number of hydrogen-bond donors (Lipinski definition) is 1. The molecule has 0 fully saturated rings. The van der Waals surface area contributed by atoms with Crippen molar-refractivity contribution in [2.75, 3.05) is 26.1 Å². The lowest BCUT2D eigenvalue weighted by Crippen LogP contribution is -2.32. The van der Waals surface area contributed by atoms with Crippen LogP contribution >= 0.6 is 11.8 Å². The molecule has 224 valence electrons. The molecular formula is C33H34N2O7S. The van der Waals surface area contributed by atoms with E-state index in [4.69, 9.17) is 14.2 Å². The van der Waals surface area contributed by atoms with Crippen molar-refractivity contribution >= 4 is 29.4 Å². The second kappa shape index (κ2) is 15.2. The summed E-state index contributed by atoms with van der Waals surface area (Å²) in [5, 5.41) is 14.5. The Morgan fingerprint density at radius 2 is 1.58 bits per heavy atom. The van der Waals surface area contributed by atoms with Gasteiger partial charge >= 0.3 is 11.9 Å². The monoisotopic (exact) mass is 602 g/mol. The van der Waals surface area contributed by atoms with E-state index in [1.807, 2.05) is 54.6 Å². The first-order chi connectivity index (χ1) is 20.8. The standard InChI is InChI=1S/C33H34N2O7S/c1-22-29(32(36)40-3)31(26-10-7-11-27(20-26)35(38)39)30(23(2)34-22)33(37)42-17-16-24-12-14-28(15-13-24)43-19-18-41-21-25-8-5-4-6-9-25/h4-15,20,31,34H,16-19,21H2,1-3H3. The molecule has 0 saturated carbocycles. The Balaban J connectivity index is 1.36. The second-order valence-electron chi connectivity index (χ2n) is 9.90. The number of nitro groups is 1. The summed E-state index contributed by atoms with van der Waals surface area (Å²) < 4.78 is 16.4. The van der Waals surface area contributed by atoms with Crippen LogP contribution < -0.4 is 5.32 Å². The van der Waals surface area contributed by atoms with Gasteiger partial charge in [0, 0.05) is 40.6 Å². The minimum atomic E-state index is -0.894. The maximum absolute atomic E-state index is 13.4. The van der Waals surface area contributed by atoms with E-state index in [0.717, 1.165) is 21.8 Å². The van der Waals surface area contributed by atoms with Crippen molar-refractivity contribution in [3.63, 3.8) is 0 Å². The average Bonchev–Trinajstić information content (AvgIpc) is 3.01. The first-order valence-electron chi connectivity index (χ1n) is 13.8. The minimum Gasteiger partial charge on any atom is -0.466 e. The summed E-state index contributed by atoms with van der Waals surface area (Å²) >= 11 is 1.71. The summed E-state index contributed by atoms with van der Waals surface area (Å²) in [4.78, 5) is 38.3. The van der Waals surface area contributed by atoms with E-state index in [2.05, 4.69) is 5.32 Å². The Hall–Kier alpha value is -4.41. The molecular weight excluding hydrogens is 568 g/mol. The lowest BCUT2D eigenvalue weighted by Gasteiger charge is -2.30. The summed E-state index contributed by atoms with van der Waals surface area (Å²) in [7, 11) is 1.25. The highest BCUT2D eigenvalue weighted by Gasteiger charge is 2.38. The third kappa shape index (κ3) is 8.33. The van der Waals surface area contributed by atoms with Gasteiger partial charge in [-0.05, 0) is 42.7 Å². The second-order valence-corrected chi connectivity index (χ2v) is 11.1. The maximum Gasteiger partial charge on any atom is 0.336 e. The normalized spacial score (nSPS) is 14.7. The van der Waals surface area contributed by atoms with Gasteiger partial charge in [-0.1, -0.05) is 54.6 Å². The number of thioether (sulfide) groups is 1. The third-order valence-corrected chi connectivity index (χ3v) is 7.93. The van der Waals surface area contributed by atoms with Crippen molar-refractivity contribution in [3.05, 3.63) is 128 Å². The van der Waals surface area contributed by atoms with Gasteiger partial charge in [0.2, 0.25) is 0 Å². The van der Waals surface area contributed by atoms with Crippen LogP contribution in [0.2, 0.25) is 0 Å². The number of nitrogens with zero attached hydrogens (tertiary/aromatic N) is 1. The summed E-state index contributed by atoms with van der Waals surface area (Å²) in [5.74, 6) is -1.31. The van der Waals surface area contributed by atoms with Crippen LogP contribution in [-0.2, 0) is 36.8 Å². The predicted molar refractivity (Wildman–Crippen MR) is 164 cm³/mol. The Labute approximate surface area is 255 Å². The maximum atomic E-state index is 13.4. The molecule has 9 nitrogen and oxygen atoms in total. The molecule has 1 atom stereocenters. The number of non-ortho nitro benzene ring substituents is 1. The van der Waals surface area contributed by atoms with Crippen LogP contribution in [0.5, 0.6) is 0 Å². The number of hydrogen-bond acceptors (Lipinski definition) is 9. The number of esters is 2. The fourth-order valence-electron chi connectivity index (χ4n) is 4.87. The fraction of sp³-hybridized carbons (Fsp3) is 0.273. The highest BCUT2D eigenvalue weighted by atomic mass is 32.2. The Bertz CT molecular complexity index is 1520. The highest BCUT2D eigenvalue weighted by Crippen LogP contribution is 2.40. The molecule has 3 aromatic carbocycles. The summed E-state index contributed by atoms with van der Waals surface area (Å²) in [5.41, 5.74) is 3.82. The zero-order valence-corrected chi connectivity index (χ0v) is 25.1. The van der Waals surface area contributed by atoms with Crippen molar-refractivity contribution in [1.82, 2.24) is 5.32 Å². The molecule has 1 aliphatic rings. The third-order valence-electron chi connectivity index (χ3n) is 6.96. The SMILES string of the molecule is COC(=O)C1=C(C)NC(C)=C(C(=O)OCCc2ccc(SCCOCc3ccccc3)cc2)C1c1cccc([N+](=O)[O-])c1. The number of carbonyl (C=O) groups is 2. The predicted octanol–water partition coefficient (Wildman–Crippen LogP) is 6.10. The number of methoxy groups -OCH3 is 1. The van der Waals surface area contributed by atoms with Crippen LogP contribution in [0.1, 0.15) is 36.5 Å². The Kier molecular flexibility index (Phi) is 11.1. The molecule has 1 heterocycles. The van der Waals surface area contributed by atoms with Crippen molar-refractivity contribution in [2.24, 2.45) is 0 Å². The molecule has 1 unspecified atom stereocenters. The number of dihydropyridines is 1. The van der Waals surface area contributed by atoms with E-state index in [-0.39, 0.29) is 23.4 Å². The number of carbonyl (C=O) groups excluding carboxylic acids is 2. The number of allylic oxidation sites excluding steroid dienone is 2. The number of ether oxygens (including phenoxy) is 3. The Morgan fingerprint density at radius 3 is 2.26 bits per heavy atom. The fourth-order valence-corrected chi connectivity index (χ4v) is 5.64. The molecule has 0 radical (unpaired) electrons. The van der Waals surface area contributed by atoms with E-state index >= 15 is 0 Å². The molecule has 4 rings (SSSR count). The molecule has 0 aromatic heterocycles. The minimum absolute atomic E-state index is 0.118. The van der Waals surface area contributed by atoms with Crippen LogP contribution in [0.25, 0.3) is 0 Å². The Morgan fingerprint density at radius 1 is 0.884 bits per heavy atom. The smallest absolute Gasteiger partial charge is 0.336 e. The van der Waals surface area contributed by atoms with Gasteiger partial charge in [0.05, 0.1) is 48.9 Å². The van der Waals surface area contributed by atoms with Gasteiger partial charge in [0.25, 0.3) is 5.69 Å². The van der Waals surface area contributed by atoms with E-state index < -0.39 is 22.8 Å². The molecule has 0 saturated heterocycles. The zero-order chi connectivity index (χ0) is 30.8. The summed E-state index contributed by atoms with van der Waals surface area (Å²) in [6, 6.07) is 24.0. The zero-order valence-electron chi connectivity index (χ0n) is 24.3. The van der Waals surface area contributed by atoms with Gasteiger partial charge in [0.15, 0.2) is 0 Å². The lowest BCUT2D eigenvalue weighted by atomic mass is 9.80. The van der Waals surface area contributed by atoms with Gasteiger partial charge in [-0.3, -0.25) is 10.1 Å². The van der Waals surface area contributed by atoms with Crippen LogP contribution in [0.3, 0.4) is 0 Å². The molecule has 0 aliphatic carbocycles. The van der Waals surface area contributed by atoms with Gasteiger partial charge in [-0.15, -0.1) is 11.8 Å². The van der Waals surface area contributed by atoms with Gasteiger partial charge in [0.1, 0.15) is 0 Å². The van der Waals surface area contributed by atoms with Gasteiger partial charge in [-0.25, -0.2) is 9.59 Å². The number of rotatable bonds is 13. The lowest BCUT2D eigenvalue weighted by molar-refractivity contribution is -0.384. The van der Waals surface area contributed by atoms with Crippen LogP contribution in [-0.4, -0.2) is 42.9 Å². The molecule has 0 amide bonds. The molecule has 10 heteroatoms. The summed E-state index contributed by atoms with van der Waals surface area (Å²) in [6.07, 6.45) is 0.497. The number of benzene rings is 3. The van der Waals surface area contributed by atoms with Crippen LogP contribution in [0, 0.1) is 10.1 Å². The van der Waals surface area contributed by atoms with Crippen molar-refractivity contribution in [1.29, 1.82) is 0 Å². The molecule has 43 heavy (non-hydrogen) atoms. The van der Waals surface area contributed by atoms with Crippen LogP contribution in [0.15, 0.2) is 106 Å². The summed E-state index contributed by atoms with van der Waals surface area (Å²) in [6.45, 7) is 4.76. The largest absolute Gasteiger partial charge is 0.466 e. The molecule has 0 bridgehead atoms. The van der Waals surface area contributed by atoms with E-state index in [1.165, 1.54) is 25.3 Å². The van der Waals surface area contributed by atoms with E-state index in [9.17, 15) is 19.7 Å². The first-order valence-corrected chi connectivity index (χ1v) is 14.8. The number of nitrogens with one attached hydrogen (secondary N) is 1.